The van der Waals surface area contributed by atoms with Crippen molar-refractivity contribution in [3.05, 3.63) is 48.7 Å². The number of nitrogens with zero attached hydrogens (tertiary/aromatic N) is 1. The van der Waals surface area contributed by atoms with E-state index in [1.54, 1.807) is 6.20 Å². The third-order valence-electron chi connectivity index (χ3n) is 2.06. The summed E-state index contributed by atoms with van der Waals surface area (Å²) in [6.07, 6.45) is 1.78. The lowest BCUT2D eigenvalue weighted by atomic mass is 10.1. The second-order valence-electron chi connectivity index (χ2n) is 3.05. The number of nitrogens with two attached hydrogens (primary N) is 1. The molecule has 0 bridgehead atoms. The van der Waals surface area contributed by atoms with E-state index in [-0.39, 0.29) is 6.73 Å². The highest BCUT2D eigenvalue weighted by Crippen LogP contribution is 2.19. The van der Waals surface area contributed by atoms with Crippen LogP contribution in [-0.4, -0.2) is 11.7 Å². The molecule has 0 radical (unpaired) electrons. The zero-order valence-corrected chi connectivity index (χ0v) is 8.26. The molecule has 0 amide bonds. The minimum absolute atomic E-state index is 0.197. The van der Waals surface area contributed by atoms with Crippen molar-refractivity contribution in [2.24, 2.45) is 5.73 Å². The molecule has 2 N–H and O–H groups in total. The topological polar surface area (TPSA) is 48.1 Å². The first-order valence-electron chi connectivity index (χ1n) is 4.74. The van der Waals surface area contributed by atoms with E-state index in [4.69, 9.17) is 10.5 Å². The van der Waals surface area contributed by atoms with Crippen LogP contribution in [0.1, 0.15) is 0 Å². The van der Waals surface area contributed by atoms with Crippen molar-refractivity contribution in [2.45, 2.75) is 0 Å². The Morgan fingerprint density at radius 2 is 1.87 bits per heavy atom. The van der Waals surface area contributed by atoms with E-state index in [2.05, 4.69) is 4.98 Å². The van der Waals surface area contributed by atoms with Crippen LogP contribution in [0.2, 0.25) is 0 Å². The van der Waals surface area contributed by atoms with Gasteiger partial charge in [0, 0.05) is 11.8 Å². The summed E-state index contributed by atoms with van der Waals surface area (Å²) in [7, 11) is 0. The van der Waals surface area contributed by atoms with Gasteiger partial charge in [-0.1, -0.05) is 6.07 Å². The van der Waals surface area contributed by atoms with Gasteiger partial charge >= 0.3 is 0 Å². The van der Waals surface area contributed by atoms with Crippen LogP contribution in [-0.2, 0) is 0 Å². The Bertz CT molecular complexity index is 411. The van der Waals surface area contributed by atoms with E-state index in [9.17, 15) is 0 Å². The van der Waals surface area contributed by atoms with Gasteiger partial charge in [-0.2, -0.15) is 0 Å². The molecule has 0 aliphatic carbocycles. The number of aromatic nitrogens is 1. The van der Waals surface area contributed by atoms with Crippen molar-refractivity contribution in [3.63, 3.8) is 0 Å². The second kappa shape index (κ2) is 4.57. The Balaban J connectivity index is 2.24. The molecule has 0 saturated carbocycles. The number of hydrogen-bond acceptors (Lipinski definition) is 3. The highest BCUT2D eigenvalue weighted by atomic mass is 16.5. The van der Waals surface area contributed by atoms with E-state index in [1.807, 2.05) is 42.5 Å². The van der Waals surface area contributed by atoms with E-state index in [0.717, 1.165) is 17.0 Å². The predicted molar refractivity (Wildman–Crippen MR) is 59.4 cm³/mol. The van der Waals surface area contributed by atoms with Crippen LogP contribution in [0.25, 0.3) is 11.3 Å². The van der Waals surface area contributed by atoms with Crippen LogP contribution in [0.15, 0.2) is 48.7 Å². The summed E-state index contributed by atoms with van der Waals surface area (Å²) in [5.74, 6) is 0.775. The van der Waals surface area contributed by atoms with Crippen molar-refractivity contribution in [3.8, 4) is 17.0 Å². The monoisotopic (exact) mass is 200 g/mol. The van der Waals surface area contributed by atoms with Crippen LogP contribution in [0, 0.1) is 0 Å². The quantitative estimate of drug-likeness (QED) is 0.771. The zero-order chi connectivity index (χ0) is 10.5. The summed E-state index contributed by atoms with van der Waals surface area (Å²) in [5, 5.41) is 0. The van der Waals surface area contributed by atoms with E-state index >= 15 is 0 Å². The van der Waals surface area contributed by atoms with Gasteiger partial charge in [-0.15, -0.1) is 0 Å². The van der Waals surface area contributed by atoms with Crippen LogP contribution < -0.4 is 10.5 Å². The third-order valence-corrected chi connectivity index (χ3v) is 2.06. The highest BCUT2D eigenvalue weighted by molar-refractivity contribution is 5.59. The van der Waals surface area contributed by atoms with Crippen molar-refractivity contribution in [1.29, 1.82) is 0 Å². The minimum Gasteiger partial charge on any atom is -0.479 e. The maximum atomic E-state index is 5.28. The Kier molecular flexibility index (Phi) is 2.95. The fourth-order valence-electron chi connectivity index (χ4n) is 1.35. The van der Waals surface area contributed by atoms with Crippen molar-refractivity contribution in [1.82, 2.24) is 4.98 Å². The molecular formula is C12H12N2O. The average molecular weight is 200 g/mol. The first kappa shape index (κ1) is 9.68. The van der Waals surface area contributed by atoms with Gasteiger partial charge in [0.1, 0.15) is 12.5 Å². The molecule has 0 saturated heterocycles. The minimum atomic E-state index is 0.197. The van der Waals surface area contributed by atoms with Crippen LogP contribution in [0.4, 0.5) is 0 Å². The highest BCUT2D eigenvalue weighted by Gasteiger charge is 1.98. The Morgan fingerprint density at radius 1 is 1.07 bits per heavy atom. The molecule has 1 aromatic carbocycles. The lowest BCUT2D eigenvalue weighted by molar-refractivity contribution is 0.330. The molecular weight excluding hydrogens is 188 g/mol. The molecule has 0 atom stereocenters. The Morgan fingerprint density at radius 3 is 2.47 bits per heavy atom. The molecule has 2 rings (SSSR count). The lowest BCUT2D eigenvalue weighted by Crippen LogP contribution is -2.06. The average Bonchev–Trinajstić information content (AvgIpc) is 2.32. The fourth-order valence-corrected chi connectivity index (χ4v) is 1.35. The first-order valence-corrected chi connectivity index (χ1v) is 4.74. The van der Waals surface area contributed by atoms with Gasteiger partial charge < -0.3 is 4.74 Å². The Labute approximate surface area is 88.5 Å². The number of benzene rings is 1. The Hall–Kier alpha value is -1.87. The maximum Gasteiger partial charge on any atom is 0.137 e. The smallest absolute Gasteiger partial charge is 0.137 e. The molecule has 1 heterocycles. The number of rotatable bonds is 3. The normalized spacial score (nSPS) is 9.93. The molecule has 0 unspecified atom stereocenters. The second-order valence-corrected chi connectivity index (χ2v) is 3.05. The fraction of sp³-hybridized carbons (Fsp3) is 0.0833. The molecule has 0 spiro atoms. The van der Waals surface area contributed by atoms with Gasteiger partial charge in [0.15, 0.2) is 0 Å². The van der Waals surface area contributed by atoms with E-state index in [1.165, 1.54) is 0 Å². The zero-order valence-electron chi connectivity index (χ0n) is 8.26. The summed E-state index contributed by atoms with van der Waals surface area (Å²) in [6, 6.07) is 13.5. The molecule has 2 aromatic rings. The SMILES string of the molecule is NCOc1ccc(-c2ccccn2)cc1. The third kappa shape index (κ3) is 2.33. The van der Waals surface area contributed by atoms with Crippen molar-refractivity contribution < 1.29 is 4.74 Å². The molecule has 15 heavy (non-hydrogen) atoms. The largest absolute Gasteiger partial charge is 0.479 e. The van der Waals surface area contributed by atoms with Crippen LogP contribution in [0.3, 0.4) is 0 Å². The first-order chi connectivity index (χ1) is 7.40. The van der Waals surface area contributed by atoms with Gasteiger partial charge in [-0.3, -0.25) is 10.7 Å². The standard InChI is InChI=1S/C12H12N2O/c13-9-15-11-6-4-10(5-7-11)12-3-1-2-8-14-12/h1-8H,9,13H2. The summed E-state index contributed by atoms with van der Waals surface area (Å²) in [4.78, 5) is 4.26. The summed E-state index contributed by atoms with van der Waals surface area (Å²) in [5.41, 5.74) is 7.30. The summed E-state index contributed by atoms with van der Waals surface area (Å²) in [6.45, 7) is 0.197. The van der Waals surface area contributed by atoms with Crippen molar-refractivity contribution in [2.75, 3.05) is 6.73 Å². The maximum absolute atomic E-state index is 5.28. The van der Waals surface area contributed by atoms with Crippen molar-refractivity contribution >= 4 is 0 Å². The lowest BCUT2D eigenvalue weighted by Gasteiger charge is -2.04. The van der Waals surface area contributed by atoms with E-state index < -0.39 is 0 Å². The number of hydrogen-bond donors (Lipinski definition) is 1. The molecule has 0 aliphatic heterocycles. The number of ether oxygens (including phenoxy) is 1. The van der Waals surface area contributed by atoms with Gasteiger partial charge in [0.2, 0.25) is 0 Å². The van der Waals surface area contributed by atoms with Gasteiger partial charge in [0.25, 0.3) is 0 Å². The molecule has 0 fully saturated rings. The summed E-state index contributed by atoms with van der Waals surface area (Å²) >= 11 is 0. The van der Waals surface area contributed by atoms with Crippen LogP contribution in [0.5, 0.6) is 5.75 Å². The molecule has 3 heteroatoms. The molecule has 1 aromatic heterocycles. The van der Waals surface area contributed by atoms with Gasteiger partial charge in [-0.05, 0) is 36.4 Å². The van der Waals surface area contributed by atoms with Gasteiger partial charge in [0.05, 0.1) is 5.69 Å². The van der Waals surface area contributed by atoms with E-state index in [0.29, 0.717) is 0 Å². The predicted octanol–water partition coefficient (Wildman–Crippen LogP) is 2.04. The molecule has 0 aliphatic rings. The number of pyridine rings is 1. The van der Waals surface area contributed by atoms with Crippen LogP contribution >= 0.6 is 0 Å². The van der Waals surface area contributed by atoms with Gasteiger partial charge in [-0.25, -0.2) is 0 Å². The molecule has 3 nitrogen and oxygen atoms in total. The summed E-state index contributed by atoms with van der Waals surface area (Å²) < 4.78 is 5.15. The molecule has 76 valence electrons.